The molecule has 0 N–H and O–H groups in total. The molecule has 0 aromatic heterocycles. The van der Waals surface area contributed by atoms with E-state index in [1.54, 1.807) is 4.90 Å². The molecular formula is C22H33NO3. The van der Waals surface area contributed by atoms with Gasteiger partial charge in [-0.25, -0.2) is 4.79 Å². The van der Waals surface area contributed by atoms with Gasteiger partial charge in [0.25, 0.3) is 0 Å². The number of carbonyl (C=O) groups is 1. The molecule has 1 heterocycles. The van der Waals surface area contributed by atoms with Crippen molar-refractivity contribution in [2.24, 2.45) is 11.3 Å². The van der Waals surface area contributed by atoms with Crippen LogP contribution in [0.4, 0.5) is 4.79 Å². The first-order valence-corrected chi connectivity index (χ1v) is 9.55. The minimum atomic E-state index is -0.690. The van der Waals surface area contributed by atoms with Crippen molar-refractivity contribution < 1.29 is 15.6 Å². The molecule has 1 aromatic carbocycles. The third-order valence-corrected chi connectivity index (χ3v) is 5.58. The van der Waals surface area contributed by atoms with Gasteiger partial charge in [-0.15, -0.1) is 0 Å². The van der Waals surface area contributed by atoms with Crippen molar-refractivity contribution in [3.63, 3.8) is 0 Å². The van der Waals surface area contributed by atoms with Crippen LogP contribution in [0, 0.1) is 11.3 Å². The lowest BCUT2D eigenvalue weighted by molar-refractivity contribution is -0.0615. The summed E-state index contributed by atoms with van der Waals surface area (Å²) >= 11 is 0. The number of nitrogens with zero attached hydrogens (tertiary/aromatic N) is 1. The fraction of sp³-hybridized carbons (Fsp3) is 0.682. The molecule has 4 heteroatoms. The average molecular weight is 361 g/mol. The summed E-state index contributed by atoms with van der Waals surface area (Å²) in [5.74, 6) is -0.0129. The lowest BCUT2D eigenvalue weighted by Crippen LogP contribution is -2.53. The highest BCUT2D eigenvalue weighted by Crippen LogP contribution is 2.45. The number of amides is 1. The normalized spacial score (nSPS) is 30.7. The first-order valence-electron chi connectivity index (χ1n) is 10.1. The summed E-state index contributed by atoms with van der Waals surface area (Å²) in [6, 6.07) is 9.86. The number of hydrogen-bond acceptors (Lipinski definition) is 3. The Morgan fingerprint density at radius 3 is 2.42 bits per heavy atom. The fourth-order valence-corrected chi connectivity index (χ4v) is 4.52. The Kier molecular flexibility index (Phi) is 4.50. The summed E-state index contributed by atoms with van der Waals surface area (Å²) in [6.45, 7) is 12.7. The fourth-order valence-electron chi connectivity index (χ4n) is 4.52. The SMILES string of the molecule is [2H][C@@H](c1ccccc1)[C@@H]1CC(C)(C)C[C@H]1OC(=O)N1C(C)(C)COC1(C)C. The van der Waals surface area contributed by atoms with Gasteiger partial charge in [0.2, 0.25) is 0 Å². The maximum atomic E-state index is 13.1. The van der Waals surface area contributed by atoms with Crippen molar-refractivity contribution in [1.82, 2.24) is 4.90 Å². The Hall–Kier alpha value is -1.55. The van der Waals surface area contributed by atoms with Gasteiger partial charge >= 0.3 is 6.09 Å². The van der Waals surface area contributed by atoms with Gasteiger partial charge < -0.3 is 9.47 Å². The summed E-state index contributed by atoms with van der Waals surface area (Å²) in [5, 5.41) is 0. The molecular weight excluding hydrogens is 326 g/mol. The van der Waals surface area contributed by atoms with Gasteiger partial charge in [-0.3, -0.25) is 4.90 Å². The minimum absolute atomic E-state index is 0.0129. The van der Waals surface area contributed by atoms with Gasteiger partial charge in [0.05, 0.1) is 12.1 Å². The third-order valence-electron chi connectivity index (χ3n) is 5.58. The molecule has 1 saturated heterocycles. The Bertz CT molecular complexity index is 670. The van der Waals surface area contributed by atoms with Crippen molar-refractivity contribution >= 4 is 6.09 Å². The van der Waals surface area contributed by atoms with Gasteiger partial charge in [0.1, 0.15) is 11.8 Å². The first kappa shape index (κ1) is 17.8. The van der Waals surface area contributed by atoms with Gasteiger partial charge in [-0.1, -0.05) is 44.2 Å². The summed E-state index contributed by atoms with van der Waals surface area (Å²) in [7, 11) is 0. The number of ether oxygens (including phenoxy) is 2. The monoisotopic (exact) mass is 360 g/mol. The second-order valence-electron chi connectivity index (χ2n) is 9.62. The summed E-state index contributed by atoms with van der Waals surface area (Å²) in [6.07, 6.45) is 0.651. The average Bonchev–Trinajstić information content (AvgIpc) is 2.98. The molecule has 26 heavy (non-hydrogen) atoms. The standard InChI is InChI=1S/C22H33NO3/c1-20(2)13-17(12-16-10-8-7-9-11-16)18(14-20)26-19(24)23-21(3,4)15-25-22(23,5)6/h7-11,17-18H,12-15H2,1-6H3/t17-,18-/m1/s1/i12D/t12-,17+,18+/m0. The maximum absolute atomic E-state index is 13.1. The van der Waals surface area contributed by atoms with Crippen LogP contribution in [0.3, 0.4) is 0 Å². The van der Waals surface area contributed by atoms with E-state index in [9.17, 15) is 4.79 Å². The van der Waals surface area contributed by atoms with Crippen molar-refractivity contribution in [2.75, 3.05) is 6.61 Å². The third kappa shape index (κ3) is 3.90. The van der Waals surface area contributed by atoms with Crippen LogP contribution in [-0.2, 0) is 15.9 Å². The zero-order chi connectivity index (χ0) is 20.0. The smallest absolute Gasteiger partial charge is 0.412 e. The predicted octanol–water partition coefficient (Wildman–Crippen LogP) is 5.02. The molecule has 4 nitrogen and oxygen atoms in total. The van der Waals surface area contributed by atoms with Crippen LogP contribution in [-0.4, -0.2) is 35.0 Å². The maximum Gasteiger partial charge on any atom is 0.412 e. The quantitative estimate of drug-likeness (QED) is 0.760. The molecule has 1 amide bonds. The molecule has 1 aromatic rings. The zero-order valence-corrected chi connectivity index (χ0v) is 16.9. The van der Waals surface area contributed by atoms with E-state index < -0.39 is 17.7 Å². The van der Waals surface area contributed by atoms with Crippen molar-refractivity contribution in [3.05, 3.63) is 35.9 Å². The van der Waals surface area contributed by atoms with Crippen LogP contribution in [0.5, 0.6) is 0 Å². The number of carbonyl (C=O) groups excluding carboxylic acids is 1. The molecule has 0 unspecified atom stereocenters. The molecule has 1 aliphatic carbocycles. The van der Waals surface area contributed by atoms with Crippen LogP contribution in [0.15, 0.2) is 30.3 Å². The van der Waals surface area contributed by atoms with Crippen LogP contribution >= 0.6 is 0 Å². The molecule has 144 valence electrons. The van der Waals surface area contributed by atoms with E-state index in [1.165, 1.54) is 0 Å². The Morgan fingerprint density at radius 1 is 1.19 bits per heavy atom. The van der Waals surface area contributed by atoms with E-state index in [0.717, 1.165) is 18.4 Å². The number of benzene rings is 1. The largest absolute Gasteiger partial charge is 0.446 e. The zero-order valence-electron chi connectivity index (χ0n) is 17.9. The van der Waals surface area contributed by atoms with E-state index in [2.05, 4.69) is 13.8 Å². The van der Waals surface area contributed by atoms with Crippen molar-refractivity contribution in [1.29, 1.82) is 0 Å². The van der Waals surface area contributed by atoms with Crippen LogP contribution in [0.1, 0.15) is 61.3 Å². The van der Waals surface area contributed by atoms with E-state index in [4.69, 9.17) is 10.8 Å². The predicted molar refractivity (Wildman–Crippen MR) is 103 cm³/mol. The molecule has 1 saturated carbocycles. The molecule has 0 bridgehead atoms. The molecule has 0 radical (unpaired) electrons. The van der Waals surface area contributed by atoms with Crippen LogP contribution in [0.25, 0.3) is 0 Å². The highest BCUT2D eigenvalue weighted by atomic mass is 16.6. The first-order chi connectivity index (χ1) is 12.4. The van der Waals surface area contributed by atoms with Crippen molar-refractivity contribution in [3.8, 4) is 0 Å². The highest BCUT2D eigenvalue weighted by Gasteiger charge is 2.51. The van der Waals surface area contributed by atoms with Gasteiger partial charge in [-0.05, 0) is 57.9 Å². The Balaban J connectivity index is 1.80. The Labute approximate surface area is 159 Å². The molecule has 3 rings (SSSR count). The van der Waals surface area contributed by atoms with E-state index >= 15 is 0 Å². The molecule has 0 spiro atoms. The van der Waals surface area contributed by atoms with Gasteiger partial charge in [0.15, 0.2) is 0 Å². The lowest BCUT2D eigenvalue weighted by Gasteiger charge is -2.38. The van der Waals surface area contributed by atoms with Gasteiger partial charge in [-0.2, -0.15) is 0 Å². The second-order valence-corrected chi connectivity index (χ2v) is 9.62. The van der Waals surface area contributed by atoms with E-state index in [0.29, 0.717) is 6.61 Å². The number of hydrogen-bond donors (Lipinski definition) is 0. The minimum Gasteiger partial charge on any atom is -0.446 e. The Morgan fingerprint density at radius 2 is 1.85 bits per heavy atom. The van der Waals surface area contributed by atoms with Crippen molar-refractivity contribution in [2.45, 2.75) is 78.1 Å². The summed E-state index contributed by atoms with van der Waals surface area (Å²) < 4.78 is 20.7. The number of rotatable bonds is 3. The van der Waals surface area contributed by atoms with E-state index in [1.807, 2.05) is 58.0 Å². The van der Waals surface area contributed by atoms with Gasteiger partial charge in [0, 0.05) is 7.29 Å². The van der Waals surface area contributed by atoms with Crippen LogP contribution < -0.4 is 0 Å². The second kappa shape index (κ2) is 6.56. The molecule has 2 aliphatic rings. The van der Waals surface area contributed by atoms with Crippen LogP contribution in [0.2, 0.25) is 0 Å². The highest BCUT2D eigenvalue weighted by molar-refractivity contribution is 5.70. The molecule has 2 fully saturated rings. The molecule has 1 aliphatic heterocycles. The topological polar surface area (TPSA) is 38.8 Å². The summed E-state index contributed by atoms with van der Waals surface area (Å²) in [5.41, 5.74) is -0.0732. The summed E-state index contributed by atoms with van der Waals surface area (Å²) in [4.78, 5) is 14.8. The lowest BCUT2D eigenvalue weighted by atomic mass is 9.89. The van der Waals surface area contributed by atoms with E-state index in [-0.39, 0.29) is 23.5 Å². The molecule has 3 atom stereocenters.